The largest absolute Gasteiger partial charge is 0.465 e. The third kappa shape index (κ3) is 3.11. The monoisotopic (exact) mass is 434 g/mol. The molecular formula is C22H30N2O5S. The zero-order valence-electron chi connectivity index (χ0n) is 17.7. The minimum atomic E-state index is -0.848. The van der Waals surface area contributed by atoms with E-state index in [2.05, 4.69) is 6.08 Å². The molecule has 0 saturated carbocycles. The quantitative estimate of drug-likeness (QED) is 0.533. The van der Waals surface area contributed by atoms with Crippen LogP contribution in [0, 0.1) is 11.8 Å². The molecule has 1 unspecified atom stereocenters. The van der Waals surface area contributed by atoms with Crippen LogP contribution >= 0.6 is 11.8 Å². The molecule has 164 valence electrons. The van der Waals surface area contributed by atoms with Crippen LogP contribution in [0.15, 0.2) is 24.3 Å². The van der Waals surface area contributed by atoms with Crippen LogP contribution in [0.4, 0.5) is 0 Å². The molecule has 2 fully saturated rings. The molecule has 1 N–H and O–H groups in total. The molecule has 0 aromatic carbocycles. The molecule has 0 bridgehead atoms. The molecule has 0 aliphatic carbocycles. The maximum absolute atomic E-state index is 13.7. The minimum Gasteiger partial charge on any atom is -0.465 e. The van der Waals surface area contributed by atoms with E-state index in [1.165, 1.54) is 16.7 Å². The summed E-state index contributed by atoms with van der Waals surface area (Å²) in [5, 5.41) is 9.63. The Morgan fingerprint density at radius 2 is 2.00 bits per heavy atom. The van der Waals surface area contributed by atoms with E-state index in [-0.39, 0.29) is 35.7 Å². The molecule has 4 aliphatic heterocycles. The van der Waals surface area contributed by atoms with Crippen LogP contribution in [0.5, 0.6) is 0 Å². The number of esters is 1. The molecular weight excluding hydrogens is 404 g/mol. The molecule has 4 aliphatic rings. The molecule has 0 aromatic heterocycles. The fourth-order valence-corrected chi connectivity index (χ4v) is 7.23. The summed E-state index contributed by atoms with van der Waals surface area (Å²) in [5.41, 5.74) is 0. The topological polar surface area (TPSA) is 87.2 Å². The van der Waals surface area contributed by atoms with Crippen LogP contribution < -0.4 is 0 Å². The van der Waals surface area contributed by atoms with Gasteiger partial charge in [-0.05, 0) is 33.6 Å². The van der Waals surface area contributed by atoms with E-state index >= 15 is 0 Å². The average Bonchev–Trinajstić information content (AvgIpc) is 3.12. The molecule has 2 amide bonds. The Labute approximate surface area is 181 Å². The molecule has 4 heterocycles. The summed E-state index contributed by atoms with van der Waals surface area (Å²) < 4.78 is 4.67. The number of thioether (sulfide) groups is 1. The highest BCUT2D eigenvalue weighted by Crippen LogP contribution is 2.61. The lowest BCUT2D eigenvalue weighted by Crippen LogP contribution is -2.57. The molecule has 2 saturated heterocycles. The van der Waals surface area contributed by atoms with Crippen LogP contribution in [-0.2, 0) is 19.1 Å². The van der Waals surface area contributed by atoms with Gasteiger partial charge in [-0.1, -0.05) is 24.3 Å². The molecule has 30 heavy (non-hydrogen) atoms. The number of hydrogen-bond donors (Lipinski definition) is 1. The fourth-order valence-electron chi connectivity index (χ4n) is 5.24. The zero-order valence-corrected chi connectivity index (χ0v) is 18.5. The van der Waals surface area contributed by atoms with Gasteiger partial charge in [0.15, 0.2) is 0 Å². The second kappa shape index (κ2) is 8.04. The number of carbonyl (C=O) groups is 3. The van der Waals surface area contributed by atoms with Gasteiger partial charge in [0.25, 0.3) is 0 Å². The Balaban J connectivity index is 1.86. The van der Waals surface area contributed by atoms with Crippen LogP contribution in [-0.4, -0.2) is 80.6 Å². The van der Waals surface area contributed by atoms with E-state index < -0.39 is 28.7 Å². The summed E-state index contributed by atoms with van der Waals surface area (Å²) in [4.78, 5) is 43.8. The van der Waals surface area contributed by atoms with Crippen molar-refractivity contribution in [1.82, 2.24) is 9.80 Å². The highest BCUT2D eigenvalue weighted by molar-refractivity contribution is 8.02. The van der Waals surface area contributed by atoms with Gasteiger partial charge in [0.05, 0.1) is 35.8 Å². The van der Waals surface area contributed by atoms with E-state index in [0.717, 1.165) is 12.8 Å². The van der Waals surface area contributed by atoms with Crippen molar-refractivity contribution in [3.05, 3.63) is 24.3 Å². The lowest BCUT2D eigenvalue weighted by atomic mass is 9.78. The number of nitrogens with zero attached hydrogens (tertiary/aromatic N) is 2. The van der Waals surface area contributed by atoms with E-state index in [4.69, 9.17) is 4.74 Å². The Bertz CT molecular complexity index is 796. The normalized spacial score (nSPS) is 38.2. The minimum absolute atomic E-state index is 0.0220. The second-order valence-electron chi connectivity index (χ2n) is 8.84. The van der Waals surface area contributed by atoms with E-state index in [1.54, 1.807) is 11.8 Å². The number of hydrogen-bond acceptors (Lipinski definition) is 6. The predicted molar refractivity (Wildman–Crippen MR) is 114 cm³/mol. The maximum Gasteiger partial charge on any atom is 0.311 e. The van der Waals surface area contributed by atoms with Crippen LogP contribution in [0.2, 0.25) is 0 Å². The van der Waals surface area contributed by atoms with Crippen molar-refractivity contribution in [3.63, 3.8) is 0 Å². The average molecular weight is 435 g/mol. The third-order valence-corrected chi connectivity index (χ3v) is 8.43. The number of fused-ring (bicyclic) bond motifs is 2. The first-order valence-corrected chi connectivity index (χ1v) is 11.6. The standard InChI is InChI=1S/C22H30N2O5S/c1-13(2)23-10-7-9-22-17(19(26)24(14(3)12-25)18(22)20(23)27)16-15(30-22)8-5-4-6-11-29-21(16)28/h5,7-9,13-18,25H,4,6,10-12H2,1-3H3/b8-5-/t14-,15-,16+,17+,18?,22+/m1/s1. The van der Waals surface area contributed by atoms with Crippen molar-refractivity contribution in [2.24, 2.45) is 11.8 Å². The van der Waals surface area contributed by atoms with Crippen LogP contribution in [0.1, 0.15) is 33.6 Å². The van der Waals surface area contributed by atoms with Gasteiger partial charge in [0.2, 0.25) is 11.8 Å². The Hall–Kier alpha value is -1.80. The number of ether oxygens (including phenoxy) is 1. The van der Waals surface area contributed by atoms with Crippen LogP contribution in [0.25, 0.3) is 0 Å². The summed E-state index contributed by atoms with van der Waals surface area (Å²) in [6.07, 6.45) is 9.58. The maximum atomic E-state index is 13.7. The fraction of sp³-hybridized carbons (Fsp3) is 0.682. The van der Waals surface area contributed by atoms with Crippen molar-refractivity contribution in [2.45, 2.75) is 61.7 Å². The molecule has 4 rings (SSSR count). The number of amides is 2. The summed E-state index contributed by atoms with van der Waals surface area (Å²) in [6.45, 7) is 6.22. The van der Waals surface area contributed by atoms with Crippen molar-refractivity contribution in [3.8, 4) is 0 Å². The van der Waals surface area contributed by atoms with Gasteiger partial charge in [0, 0.05) is 17.8 Å². The number of allylic oxidation sites excluding steroid dienone is 1. The summed E-state index contributed by atoms with van der Waals surface area (Å²) in [6, 6.07) is -1.29. The summed E-state index contributed by atoms with van der Waals surface area (Å²) in [7, 11) is 0. The van der Waals surface area contributed by atoms with Gasteiger partial charge in [-0.2, -0.15) is 0 Å². The van der Waals surface area contributed by atoms with Crippen LogP contribution in [0.3, 0.4) is 0 Å². The SMILES string of the molecule is CC(C)N1CC=C[C@]23S[C@@H]4/C=C\CCCOC(=O)[C@@H]4[C@H]2C(=O)N([C@H](C)CO)C3C1=O. The number of aliphatic hydroxyl groups excluding tert-OH is 1. The molecule has 0 aromatic rings. The predicted octanol–water partition coefficient (Wildman–Crippen LogP) is 1.36. The van der Waals surface area contributed by atoms with Gasteiger partial charge in [-0.3, -0.25) is 14.4 Å². The highest BCUT2D eigenvalue weighted by atomic mass is 32.2. The van der Waals surface area contributed by atoms with E-state index in [0.29, 0.717) is 13.2 Å². The van der Waals surface area contributed by atoms with Gasteiger partial charge in [-0.15, -0.1) is 11.8 Å². The lowest BCUT2D eigenvalue weighted by Gasteiger charge is -2.38. The van der Waals surface area contributed by atoms with Crippen molar-refractivity contribution < 1.29 is 24.2 Å². The van der Waals surface area contributed by atoms with E-state index in [1.807, 2.05) is 32.1 Å². The Morgan fingerprint density at radius 3 is 2.70 bits per heavy atom. The van der Waals surface area contributed by atoms with Gasteiger partial charge in [0.1, 0.15) is 6.04 Å². The second-order valence-corrected chi connectivity index (χ2v) is 10.3. The number of cyclic esters (lactones) is 1. The molecule has 1 spiro atoms. The van der Waals surface area contributed by atoms with E-state index in [9.17, 15) is 19.5 Å². The Morgan fingerprint density at radius 1 is 1.23 bits per heavy atom. The van der Waals surface area contributed by atoms with Gasteiger partial charge >= 0.3 is 5.97 Å². The first-order valence-electron chi connectivity index (χ1n) is 10.8. The molecule has 6 atom stereocenters. The molecule has 7 nitrogen and oxygen atoms in total. The van der Waals surface area contributed by atoms with Crippen molar-refractivity contribution in [1.29, 1.82) is 0 Å². The first-order chi connectivity index (χ1) is 14.3. The lowest BCUT2D eigenvalue weighted by molar-refractivity contribution is -0.153. The number of aliphatic hydroxyl groups is 1. The van der Waals surface area contributed by atoms with Crippen molar-refractivity contribution in [2.75, 3.05) is 19.8 Å². The number of rotatable bonds is 3. The third-order valence-electron chi connectivity index (χ3n) is 6.68. The zero-order chi connectivity index (χ0) is 21.6. The van der Waals surface area contributed by atoms with Gasteiger partial charge < -0.3 is 19.6 Å². The Kier molecular flexibility index (Phi) is 5.74. The highest BCUT2D eigenvalue weighted by Gasteiger charge is 2.71. The number of carbonyl (C=O) groups excluding carboxylic acids is 3. The number of likely N-dealkylation sites (tertiary alicyclic amines) is 1. The summed E-state index contributed by atoms with van der Waals surface area (Å²) >= 11 is 1.53. The molecule has 0 radical (unpaired) electrons. The summed E-state index contributed by atoms with van der Waals surface area (Å²) in [5.74, 6) is -2.05. The molecule has 8 heteroatoms. The van der Waals surface area contributed by atoms with Crippen molar-refractivity contribution >= 4 is 29.5 Å². The van der Waals surface area contributed by atoms with Gasteiger partial charge in [-0.25, -0.2) is 0 Å². The smallest absolute Gasteiger partial charge is 0.311 e. The first kappa shape index (κ1) is 21.4.